The Balaban J connectivity index is 4.08. The van der Waals surface area contributed by atoms with E-state index in [1.54, 1.807) is 6.08 Å². The van der Waals surface area contributed by atoms with Gasteiger partial charge in [0.2, 0.25) is 5.91 Å². The normalized spacial score (nSPS) is 13.8. The Bertz CT molecular complexity index is 1410. The molecule has 2 N–H and O–H groups in total. The number of phosphoric acid groups is 1. The van der Waals surface area contributed by atoms with Gasteiger partial charge in [0.05, 0.1) is 39.9 Å². The number of aliphatic hydroxyl groups is 1. The fourth-order valence-corrected chi connectivity index (χ4v) is 11.7. The van der Waals surface area contributed by atoms with Gasteiger partial charge in [-0.05, 0) is 44.9 Å². The molecule has 0 saturated carbocycles. The van der Waals surface area contributed by atoms with Gasteiger partial charge in [-0.15, -0.1) is 0 Å². The first-order valence-corrected chi connectivity index (χ1v) is 37.3. The number of phosphoric ester groups is 1. The average Bonchev–Trinajstić information content (AvgIpc) is 3.43. The van der Waals surface area contributed by atoms with Crippen LogP contribution in [-0.4, -0.2) is 68.5 Å². The van der Waals surface area contributed by atoms with Crippen molar-refractivity contribution < 1.29 is 32.9 Å². The standard InChI is InChI=1S/C72H141N2O6P/c1-6-8-10-12-14-16-18-20-22-24-26-28-30-32-34-36-38-40-42-44-46-48-50-52-54-56-58-60-62-64-66-72(76)73-70(69-80-81(77,78)79-68-67-74(3,4)5)71(75)65-63-61-59-57-55-53-51-49-47-45-43-41-39-37-35-33-31-29-27-25-23-21-19-17-15-13-11-9-7-2/h47,49,55,57,63,65,70-71,75H,6-46,48,50-54,56,58-62,64,66-69H2,1-5H3,(H-,73,76,77,78)/b49-47+,57-55+,65-63+. The van der Waals surface area contributed by atoms with Crippen molar-refractivity contribution in [1.29, 1.82) is 0 Å². The summed E-state index contributed by atoms with van der Waals surface area (Å²) in [6, 6.07) is -0.910. The second-order valence-electron chi connectivity index (χ2n) is 25.9. The molecular weight excluding hydrogens is 1020 g/mol. The Hall–Kier alpha value is -1.28. The van der Waals surface area contributed by atoms with E-state index in [0.717, 1.165) is 44.9 Å². The number of aliphatic hydroxyl groups excluding tert-OH is 1. The second-order valence-corrected chi connectivity index (χ2v) is 27.3. The molecule has 0 aromatic carbocycles. The molecule has 3 atom stereocenters. The van der Waals surface area contributed by atoms with Crippen LogP contribution >= 0.6 is 7.82 Å². The number of hydrogen-bond donors (Lipinski definition) is 2. The minimum absolute atomic E-state index is 0.00704. The Kier molecular flexibility index (Phi) is 62.2. The number of amides is 1. The zero-order chi connectivity index (χ0) is 59.1. The van der Waals surface area contributed by atoms with Gasteiger partial charge in [0.25, 0.3) is 7.82 Å². The Morgan fingerprint density at radius 2 is 0.691 bits per heavy atom. The monoisotopic (exact) mass is 1160 g/mol. The number of unbranched alkanes of at least 4 members (excludes halogenated alkanes) is 50. The number of allylic oxidation sites excluding steroid dienone is 5. The maximum absolute atomic E-state index is 13.0. The van der Waals surface area contributed by atoms with E-state index in [1.165, 1.54) is 302 Å². The van der Waals surface area contributed by atoms with Crippen molar-refractivity contribution in [2.45, 2.75) is 379 Å². The molecule has 0 aromatic rings. The molecule has 9 heteroatoms. The topological polar surface area (TPSA) is 108 Å². The summed E-state index contributed by atoms with van der Waals surface area (Å²) in [5.74, 6) is -0.203. The first-order valence-electron chi connectivity index (χ1n) is 35.9. The van der Waals surface area contributed by atoms with Crippen molar-refractivity contribution in [3.8, 4) is 0 Å². The van der Waals surface area contributed by atoms with Crippen LogP contribution < -0.4 is 10.2 Å². The van der Waals surface area contributed by atoms with Gasteiger partial charge in [-0.25, -0.2) is 0 Å². The van der Waals surface area contributed by atoms with E-state index in [0.29, 0.717) is 17.4 Å². The van der Waals surface area contributed by atoms with Gasteiger partial charge in [-0.1, -0.05) is 352 Å². The van der Waals surface area contributed by atoms with Crippen LogP contribution in [0.25, 0.3) is 0 Å². The van der Waals surface area contributed by atoms with Crippen molar-refractivity contribution in [1.82, 2.24) is 5.32 Å². The van der Waals surface area contributed by atoms with Crippen molar-refractivity contribution in [2.24, 2.45) is 0 Å². The smallest absolute Gasteiger partial charge is 0.268 e. The minimum Gasteiger partial charge on any atom is -0.756 e. The molecule has 0 fully saturated rings. The largest absolute Gasteiger partial charge is 0.756 e. The van der Waals surface area contributed by atoms with Crippen LogP contribution in [0.3, 0.4) is 0 Å². The van der Waals surface area contributed by atoms with Gasteiger partial charge >= 0.3 is 0 Å². The van der Waals surface area contributed by atoms with Crippen molar-refractivity contribution in [3.63, 3.8) is 0 Å². The van der Waals surface area contributed by atoms with Gasteiger partial charge in [-0.3, -0.25) is 9.36 Å². The summed E-state index contributed by atoms with van der Waals surface area (Å²) >= 11 is 0. The first-order chi connectivity index (χ1) is 39.5. The highest BCUT2D eigenvalue weighted by Crippen LogP contribution is 2.38. The maximum Gasteiger partial charge on any atom is 0.268 e. The second kappa shape index (κ2) is 63.2. The van der Waals surface area contributed by atoms with Crippen LogP contribution in [0.1, 0.15) is 367 Å². The van der Waals surface area contributed by atoms with Gasteiger partial charge in [0, 0.05) is 6.42 Å². The number of carbonyl (C=O) groups excluding carboxylic acids is 1. The lowest BCUT2D eigenvalue weighted by molar-refractivity contribution is -0.870. The summed E-state index contributed by atoms with van der Waals surface area (Å²) in [6.45, 7) is 4.68. The number of likely N-dealkylation sites (N-methyl/N-ethyl adjacent to an activating group) is 1. The van der Waals surface area contributed by atoms with Crippen LogP contribution in [0.5, 0.6) is 0 Å². The highest BCUT2D eigenvalue weighted by molar-refractivity contribution is 7.45. The minimum atomic E-state index is -4.61. The molecule has 0 saturated heterocycles. The molecule has 81 heavy (non-hydrogen) atoms. The molecule has 1 amide bonds. The molecule has 0 heterocycles. The lowest BCUT2D eigenvalue weighted by Gasteiger charge is -2.29. The quantitative estimate of drug-likeness (QED) is 0.0272. The predicted molar refractivity (Wildman–Crippen MR) is 353 cm³/mol. The van der Waals surface area contributed by atoms with E-state index in [-0.39, 0.29) is 12.5 Å². The van der Waals surface area contributed by atoms with Crippen LogP contribution in [-0.2, 0) is 18.4 Å². The Morgan fingerprint density at radius 1 is 0.420 bits per heavy atom. The zero-order valence-corrected chi connectivity index (χ0v) is 55.9. The van der Waals surface area contributed by atoms with Crippen molar-refractivity contribution in [2.75, 3.05) is 40.9 Å². The fraction of sp³-hybridized carbons (Fsp3) is 0.903. The van der Waals surface area contributed by atoms with E-state index in [4.69, 9.17) is 9.05 Å². The highest BCUT2D eigenvalue weighted by atomic mass is 31.2. The highest BCUT2D eigenvalue weighted by Gasteiger charge is 2.23. The first kappa shape index (κ1) is 79.7. The van der Waals surface area contributed by atoms with E-state index >= 15 is 0 Å². The van der Waals surface area contributed by atoms with E-state index in [9.17, 15) is 19.4 Å². The Labute approximate surface area is 506 Å². The summed E-state index contributed by atoms with van der Waals surface area (Å²) in [5.41, 5.74) is 0. The summed E-state index contributed by atoms with van der Waals surface area (Å²) in [4.78, 5) is 25.6. The zero-order valence-electron chi connectivity index (χ0n) is 55.0. The number of rotatable bonds is 67. The van der Waals surface area contributed by atoms with Crippen molar-refractivity contribution >= 4 is 13.7 Å². The third kappa shape index (κ3) is 66.1. The molecule has 0 aliphatic heterocycles. The lowest BCUT2D eigenvalue weighted by atomic mass is 10.0. The molecule has 0 bridgehead atoms. The molecule has 0 radical (unpaired) electrons. The maximum atomic E-state index is 13.0. The average molecular weight is 1160 g/mol. The molecule has 0 aliphatic rings. The summed E-state index contributed by atoms with van der Waals surface area (Å²) < 4.78 is 23.4. The Morgan fingerprint density at radius 3 is 1.00 bits per heavy atom. The van der Waals surface area contributed by atoms with Gasteiger partial charge in [-0.2, -0.15) is 0 Å². The van der Waals surface area contributed by atoms with Gasteiger partial charge < -0.3 is 28.8 Å². The summed E-state index contributed by atoms with van der Waals surface area (Å²) in [7, 11) is 1.25. The molecule has 0 rings (SSSR count). The third-order valence-electron chi connectivity index (χ3n) is 16.6. The SMILES string of the molecule is CCCCCCCCCCCCCCCCCCCCC/C=C/CC/C=C/CC/C=C/C(O)C(COP(=O)([O-])OCC[N+](C)(C)C)NC(=O)CCCCCCCCCCCCCCCCCCCCCCCCCCCCCCCC. The van der Waals surface area contributed by atoms with Crippen LogP contribution in [0.15, 0.2) is 36.5 Å². The lowest BCUT2D eigenvalue weighted by Crippen LogP contribution is -2.45. The van der Waals surface area contributed by atoms with Crippen LogP contribution in [0, 0.1) is 0 Å². The van der Waals surface area contributed by atoms with Crippen molar-refractivity contribution in [3.05, 3.63) is 36.5 Å². The van der Waals surface area contributed by atoms with Gasteiger partial charge in [0.1, 0.15) is 13.2 Å². The number of carbonyl (C=O) groups is 1. The van der Waals surface area contributed by atoms with E-state index in [1.807, 2.05) is 27.2 Å². The molecule has 8 nitrogen and oxygen atoms in total. The van der Waals surface area contributed by atoms with Crippen LogP contribution in [0.4, 0.5) is 0 Å². The molecule has 0 aromatic heterocycles. The summed E-state index contributed by atoms with van der Waals surface area (Å²) in [6.07, 6.45) is 84.3. The summed E-state index contributed by atoms with van der Waals surface area (Å²) in [5, 5.41) is 13.9. The number of nitrogens with one attached hydrogen (secondary N) is 1. The van der Waals surface area contributed by atoms with E-state index < -0.39 is 26.6 Å². The molecule has 0 spiro atoms. The third-order valence-corrected chi connectivity index (χ3v) is 17.5. The molecule has 480 valence electrons. The molecule has 0 aliphatic carbocycles. The number of quaternary nitrogens is 1. The molecule has 3 unspecified atom stereocenters. The molecular formula is C72H141N2O6P. The van der Waals surface area contributed by atoms with E-state index in [2.05, 4.69) is 43.5 Å². The van der Waals surface area contributed by atoms with Gasteiger partial charge in [0.15, 0.2) is 0 Å². The number of hydrogen-bond acceptors (Lipinski definition) is 6. The predicted octanol–water partition coefficient (Wildman–Crippen LogP) is 22.2. The number of nitrogens with zero attached hydrogens (tertiary/aromatic N) is 1. The fourth-order valence-electron chi connectivity index (χ4n) is 11.0. The van der Waals surface area contributed by atoms with Crippen LogP contribution in [0.2, 0.25) is 0 Å².